The highest BCUT2D eigenvalue weighted by molar-refractivity contribution is 7.08. The molecule has 2 rings (SSSR count). The first-order valence-corrected chi connectivity index (χ1v) is 8.49. The lowest BCUT2D eigenvalue weighted by Gasteiger charge is -2.08. The number of thiophene rings is 1. The topological polar surface area (TPSA) is 87.3 Å². The van der Waals surface area contributed by atoms with Crippen LogP contribution in [0.4, 0.5) is 0 Å². The molecule has 0 aliphatic rings. The summed E-state index contributed by atoms with van der Waals surface area (Å²) in [5, 5.41) is 6.76. The Hall–Kier alpha value is -2.38. The Morgan fingerprint density at radius 3 is 2.38 bits per heavy atom. The fourth-order valence-corrected chi connectivity index (χ4v) is 2.58. The van der Waals surface area contributed by atoms with Gasteiger partial charge in [-0.1, -0.05) is 23.7 Å². The van der Waals surface area contributed by atoms with Crippen LogP contribution in [0.5, 0.6) is 0 Å². The van der Waals surface area contributed by atoms with E-state index in [0.29, 0.717) is 10.6 Å². The Morgan fingerprint density at radius 1 is 1.00 bits per heavy atom. The van der Waals surface area contributed by atoms with Crippen molar-refractivity contribution in [1.29, 1.82) is 0 Å². The Kier molecular flexibility index (Phi) is 6.77. The summed E-state index contributed by atoms with van der Waals surface area (Å²) in [7, 11) is 0. The molecule has 3 amide bonds. The summed E-state index contributed by atoms with van der Waals surface area (Å²) >= 11 is 7.19. The van der Waals surface area contributed by atoms with Gasteiger partial charge in [-0.2, -0.15) is 11.3 Å². The molecule has 1 heterocycles. The van der Waals surface area contributed by atoms with Gasteiger partial charge in [0.1, 0.15) is 0 Å². The normalized spacial score (nSPS) is 10.0. The number of amides is 3. The summed E-state index contributed by atoms with van der Waals surface area (Å²) in [6.45, 7) is 0.188. The maximum atomic E-state index is 11.7. The number of hydrazine groups is 1. The van der Waals surface area contributed by atoms with Gasteiger partial charge in [0.25, 0.3) is 5.91 Å². The van der Waals surface area contributed by atoms with Gasteiger partial charge in [-0.25, -0.2) is 0 Å². The van der Waals surface area contributed by atoms with Crippen LogP contribution < -0.4 is 16.2 Å². The van der Waals surface area contributed by atoms with Crippen molar-refractivity contribution in [1.82, 2.24) is 16.2 Å². The van der Waals surface area contributed by atoms with E-state index in [9.17, 15) is 14.4 Å². The average Bonchev–Trinajstić information content (AvgIpc) is 3.10. The van der Waals surface area contributed by atoms with Gasteiger partial charge in [0, 0.05) is 28.9 Å². The average molecular weight is 366 g/mol. The number of rotatable bonds is 6. The summed E-state index contributed by atoms with van der Waals surface area (Å²) in [5.74, 6) is -0.950. The molecule has 2 aromatic rings. The highest BCUT2D eigenvalue weighted by Crippen LogP contribution is 2.09. The number of carbonyl (C=O) groups is 3. The maximum absolute atomic E-state index is 11.7. The number of hydrogen-bond acceptors (Lipinski definition) is 4. The van der Waals surface area contributed by atoms with Crippen LogP contribution in [-0.4, -0.2) is 24.3 Å². The number of nitrogens with one attached hydrogen (secondary N) is 3. The SMILES string of the molecule is O=C(CCNC(=O)c1ccsc1)NNC(=O)Cc1ccc(Cl)cc1. The first kappa shape index (κ1) is 18.0. The molecule has 0 saturated heterocycles. The van der Waals surface area contributed by atoms with E-state index in [1.165, 1.54) is 11.3 Å². The Balaban J connectivity index is 1.63. The van der Waals surface area contributed by atoms with E-state index in [2.05, 4.69) is 16.2 Å². The quantitative estimate of drug-likeness (QED) is 0.683. The lowest BCUT2D eigenvalue weighted by Crippen LogP contribution is -2.43. The molecule has 8 heteroatoms. The largest absolute Gasteiger partial charge is 0.351 e. The molecule has 24 heavy (non-hydrogen) atoms. The zero-order chi connectivity index (χ0) is 17.4. The number of carbonyl (C=O) groups excluding carboxylic acids is 3. The summed E-state index contributed by atoms with van der Waals surface area (Å²) in [6.07, 6.45) is 0.198. The molecular weight excluding hydrogens is 350 g/mol. The number of hydrogen-bond donors (Lipinski definition) is 3. The molecule has 0 fully saturated rings. The minimum absolute atomic E-state index is 0.0666. The number of halogens is 1. The third-order valence-electron chi connectivity index (χ3n) is 3.04. The van der Waals surface area contributed by atoms with Gasteiger partial charge in [0.15, 0.2) is 0 Å². The lowest BCUT2D eigenvalue weighted by molar-refractivity contribution is -0.128. The van der Waals surface area contributed by atoms with Crippen molar-refractivity contribution in [2.24, 2.45) is 0 Å². The van der Waals surface area contributed by atoms with E-state index in [4.69, 9.17) is 11.6 Å². The molecule has 0 unspecified atom stereocenters. The predicted octanol–water partition coefficient (Wildman–Crippen LogP) is 1.91. The lowest BCUT2D eigenvalue weighted by atomic mass is 10.1. The molecule has 0 aliphatic heterocycles. The molecule has 0 bridgehead atoms. The molecule has 6 nitrogen and oxygen atoms in total. The zero-order valence-electron chi connectivity index (χ0n) is 12.7. The second-order valence-corrected chi connectivity index (χ2v) is 6.13. The summed E-state index contributed by atoms with van der Waals surface area (Å²) in [6, 6.07) is 8.57. The van der Waals surface area contributed by atoms with Crippen LogP contribution in [0, 0.1) is 0 Å². The van der Waals surface area contributed by atoms with Crippen LogP contribution in [0.2, 0.25) is 5.02 Å². The van der Waals surface area contributed by atoms with Crippen molar-refractivity contribution >= 4 is 40.7 Å². The van der Waals surface area contributed by atoms with Gasteiger partial charge in [-0.15, -0.1) is 0 Å². The Bertz CT molecular complexity index is 702. The summed E-state index contributed by atoms with van der Waals surface area (Å²) in [5.41, 5.74) is 5.99. The monoisotopic (exact) mass is 365 g/mol. The zero-order valence-corrected chi connectivity index (χ0v) is 14.2. The van der Waals surface area contributed by atoms with Crippen LogP contribution in [0.25, 0.3) is 0 Å². The van der Waals surface area contributed by atoms with E-state index in [1.807, 2.05) is 0 Å². The van der Waals surface area contributed by atoms with Crippen LogP contribution in [0.15, 0.2) is 41.1 Å². The van der Waals surface area contributed by atoms with Crippen molar-refractivity contribution in [3.05, 3.63) is 57.2 Å². The van der Waals surface area contributed by atoms with Gasteiger partial charge in [0.05, 0.1) is 6.42 Å². The Morgan fingerprint density at radius 2 is 1.71 bits per heavy atom. The van der Waals surface area contributed by atoms with Crippen molar-refractivity contribution in [2.45, 2.75) is 12.8 Å². The molecule has 0 aliphatic carbocycles. The fourth-order valence-electron chi connectivity index (χ4n) is 1.82. The minimum Gasteiger partial charge on any atom is -0.351 e. The van der Waals surface area contributed by atoms with E-state index < -0.39 is 0 Å². The summed E-state index contributed by atoms with van der Waals surface area (Å²) in [4.78, 5) is 35.0. The van der Waals surface area contributed by atoms with Gasteiger partial charge < -0.3 is 5.32 Å². The third-order valence-corrected chi connectivity index (χ3v) is 3.98. The second-order valence-electron chi connectivity index (χ2n) is 4.92. The van der Waals surface area contributed by atoms with E-state index in [-0.39, 0.29) is 37.1 Å². The second kappa shape index (κ2) is 9.05. The Labute approximate surface area is 148 Å². The molecular formula is C16H16ClN3O3S. The molecule has 0 atom stereocenters. The molecule has 1 aromatic heterocycles. The smallest absolute Gasteiger partial charge is 0.252 e. The van der Waals surface area contributed by atoms with Gasteiger partial charge in [-0.3, -0.25) is 25.2 Å². The van der Waals surface area contributed by atoms with Crippen molar-refractivity contribution < 1.29 is 14.4 Å². The van der Waals surface area contributed by atoms with Crippen LogP contribution in [0.1, 0.15) is 22.3 Å². The van der Waals surface area contributed by atoms with Gasteiger partial charge >= 0.3 is 0 Å². The van der Waals surface area contributed by atoms with Gasteiger partial charge in [0.2, 0.25) is 11.8 Å². The molecule has 126 valence electrons. The van der Waals surface area contributed by atoms with Crippen LogP contribution >= 0.6 is 22.9 Å². The van der Waals surface area contributed by atoms with Crippen molar-refractivity contribution in [3.8, 4) is 0 Å². The maximum Gasteiger partial charge on any atom is 0.252 e. The van der Waals surface area contributed by atoms with Crippen molar-refractivity contribution in [3.63, 3.8) is 0 Å². The molecule has 0 spiro atoms. The highest BCUT2D eigenvalue weighted by Gasteiger charge is 2.08. The van der Waals surface area contributed by atoms with Crippen molar-refractivity contribution in [2.75, 3.05) is 6.54 Å². The minimum atomic E-state index is -0.384. The predicted molar refractivity (Wildman–Crippen MR) is 92.7 cm³/mol. The van der Waals surface area contributed by atoms with Crippen LogP contribution in [-0.2, 0) is 16.0 Å². The standard InChI is InChI=1S/C16H16ClN3O3S/c17-13-3-1-11(2-4-13)9-15(22)20-19-14(21)5-7-18-16(23)12-6-8-24-10-12/h1-4,6,8,10H,5,7,9H2,(H,18,23)(H,19,21)(H,20,22). The van der Waals surface area contributed by atoms with E-state index >= 15 is 0 Å². The van der Waals surface area contributed by atoms with E-state index in [1.54, 1.807) is 41.1 Å². The molecule has 0 saturated carbocycles. The van der Waals surface area contributed by atoms with E-state index in [0.717, 1.165) is 5.56 Å². The first-order valence-electron chi connectivity index (χ1n) is 7.17. The van der Waals surface area contributed by atoms with Crippen LogP contribution in [0.3, 0.4) is 0 Å². The van der Waals surface area contributed by atoms with Gasteiger partial charge in [-0.05, 0) is 29.1 Å². The first-order chi connectivity index (χ1) is 11.5. The molecule has 3 N–H and O–H groups in total. The fraction of sp³-hybridized carbons (Fsp3) is 0.188. The summed E-state index contributed by atoms with van der Waals surface area (Å²) < 4.78 is 0. The highest BCUT2D eigenvalue weighted by atomic mass is 35.5. The molecule has 1 aromatic carbocycles. The number of benzene rings is 1. The molecule has 0 radical (unpaired) electrons. The third kappa shape index (κ3) is 6.02.